The molecule has 1 saturated heterocycles. The summed E-state index contributed by atoms with van der Waals surface area (Å²) in [7, 11) is 0. The summed E-state index contributed by atoms with van der Waals surface area (Å²) in [6.07, 6.45) is -2.00. The summed E-state index contributed by atoms with van der Waals surface area (Å²) in [6.45, 7) is 11.6. The summed E-state index contributed by atoms with van der Waals surface area (Å²) in [5, 5.41) is 20.8. The largest absolute Gasteiger partial charge is 0.458 e. The van der Waals surface area contributed by atoms with Crippen molar-refractivity contribution in [2.45, 2.75) is 57.5 Å². The maximum atomic E-state index is 12.4. The highest BCUT2D eigenvalue weighted by Gasteiger charge is 2.48. The minimum absolute atomic E-state index is 0.0804. The lowest BCUT2D eigenvalue weighted by molar-refractivity contribution is -0.156. The number of ether oxygens (including phenoxy) is 2. The Morgan fingerprint density at radius 1 is 1.42 bits per heavy atom. The van der Waals surface area contributed by atoms with Gasteiger partial charge in [0.1, 0.15) is 17.8 Å². The van der Waals surface area contributed by atoms with Gasteiger partial charge >= 0.3 is 11.9 Å². The number of Topliss-reactive ketones (excluding diaryl/α,β-unsaturated/α-hetero) is 1. The molecule has 0 bridgehead atoms. The van der Waals surface area contributed by atoms with Crippen LogP contribution in [-0.4, -0.2) is 51.8 Å². The highest BCUT2D eigenvalue weighted by atomic mass is 16.6. The topological polar surface area (TPSA) is 110 Å². The van der Waals surface area contributed by atoms with E-state index in [4.69, 9.17) is 9.47 Å². The van der Waals surface area contributed by atoms with Gasteiger partial charge in [-0.05, 0) is 32.4 Å². The quantitative estimate of drug-likeness (QED) is 0.427. The molecule has 0 amide bonds. The fourth-order valence-corrected chi connectivity index (χ4v) is 3.09. The van der Waals surface area contributed by atoms with Gasteiger partial charge in [-0.2, -0.15) is 0 Å². The van der Waals surface area contributed by atoms with Crippen LogP contribution in [0.3, 0.4) is 0 Å². The van der Waals surface area contributed by atoms with Crippen molar-refractivity contribution in [2.75, 3.05) is 0 Å². The summed E-state index contributed by atoms with van der Waals surface area (Å²) in [5.74, 6) is -2.74. The third-order valence-corrected chi connectivity index (χ3v) is 4.80. The number of rotatable bonds is 2. The van der Waals surface area contributed by atoms with Gasteiger partial charge in [-0.15, -0.1) is 0 Å². The van der Waals surface area contributed by atoms with E-state index in [0.717, 1.165) is 0 Å². The van der Waals surface area contributed by atoms with Crippen molar-refractivity contribution in [1.82, 2.24) is 0 Å². The maximum absolute atomic E-state index is 12.4. The van der Waals surface area contributed by atoms with E-state index >= 15 is 0 Å². The molecule has 0 aromatic rings. The van der Waals surface area contributed by atoms with Gasteiger partial charge in [-0.3, -0.25) is 4.79 Å². The highest BCUT2D eigenvalue weighted by Crippen LogP contribution is 2.37. The van der Waals surface area contributed by atoms with Crippen LogP contribution in [0.1, 0.15) is 33.6 Å². The molecule has 142 valence electrons. The third-order valence-electron chi connectivity index (χ3n) is 4.80. The molecule has 0 radical (unpaired) electrons. The summed E-state index contributed by atoms with van der Waals surface area (Å²) in [4.78, 5) is 36.5. The van der Waals surface area contributed by atoms with E-state index in [1.807, 2.05) is 0 Å². The monoisotopic (exact) mass is 364 g/mol. The van der Waals surface area contributed by atoms with Crippen LogP contribution < -0.4 is 0 Å². The number of ketones is 1. The van der Waals surface area contributed by atoms with Crippen LogP contribution in [0.15, 0.2) is 36.0 Å². The Morgan fingerprint density at radius 2 is 2.04 bits per heavy atom. The van der Waals surface area contributed by atoms with Gasteiger partial charge in [0.05, 0.1) is 12.0 Å². The van der Waals surface area contributed by atoms with Gasteiger partial charge in [0.2, 0.25) is 0 Å². The van der Waals surface area contributed by atoms with Crippen molar-refractivity contribution in [3.63, 3.8) is 0 Å². The molecule has 0 aromatic carbocycles. The Balaban J connectivity index is 2.52. The second kappa shape index (κ2) is 7.17. The zero-order valence-electron chi connectivity index (χ0n) is 15.2. The first-order chi connectivity index (χ1) is 11.9. The first-order valence-electron chi connectivity index (χ1n) is 8.32. The Kier molecular flexibility index (Phi) is 5.53. The molecule has 5 atom stereocenters. The lowest BCUT2D eigenvalue weighted by Crippen LogP contribution is -2.46. The second-order valence-corrected chi connectivity index (χ2v) is 7.18. The Bertz CT molecular complexity index is 701. The summed E-state index contributed by atoms with van der Waals surface area (Å²) in [5.41, 5.74) is -1.23. The molecule has 0 spiro atoms. The van der Waals surface area contributed by atoms with Crippen LogP contribution in [0.4, 0.5) is 0 Å². The molecule has 1 aliphatic carbocycles. The van der Waals surface area contributed by atoms with Gasteiger partial charge in [0.25, 0.3) is 0 Å². The molecule has 0 saturated carbocycles. The smallest absolute Gasteiger partial charge is 0.334 e. The number of carbonyl (C=O) groups is 3. The van der Waals surface area contributed by atoms with E-state index in [0.29, 0.717) is 5.57 Å². The van der Waals surface area contributed by atoms with Gasteiger partial charge in [-0.25, -0.2) is 9.59 Å². The van der Waals surface area contributed by atoms with Gasteiger partial charge in [0, 0.05) is 24.0 Å². The molecule has 1 fully saturated rings. The standard InChI is InChI=1S/C19H24O7/c1-9(2)17(22)26-14-8-19(5,24)15(21)7-12(20)10(3)6-13-16(14)11(4)18(23)25-13/h6,12-14,16,20,24H,1,4,7-8H2,2-3,5H3/t12-,13-,14+,16+,19-/m1/s1. The third kappa shape index (κ3) is 3.94. The minimum Gasteiger partial charge on any atom is -0.458 e. The normalized spacial score (nSPS) is 35.3. The van der Waals surface area contributed by atoms with E-state index in [-0.39, 0.29) is 24.0 Å². The fourth-order valence-electron chi connectivity index (χ4n) is 3.09. The number of carbonyl (C=O) groups excluding carboxylic acids is 3. The molecule has 2 aliphatic rings. The number of esters is 2. The first kappa shape index (κ1) is 20.1. The molecule has 0 aromatic heterocycles. The molecule has 2 rings (SSSR count). The van der Waals surface area contributed by atoms with Crippen LogP contribution in [0, 0.1) is 5.92 Å². The molecule has 0 unspecified atom stereocenters. The average Bonchev–Trinajstić information content (AvgIpc) is 2.79. The molecule has 1 heterocycles. The van der Waals surface area contributed by atoms with E-state index in [2.05, 4.69) is 13.2 Å². The molecule has 1 aliphatic heterocycles. The number of hydrogen-bond donors (Lipinski definition) is 2. The molecular weight excluding hydrogens is 340 g/mol. The van der Waals surface area contributed by atoms with Crippen LogP contribution in [0.2, 0.25) is 0 Å². The molecular formula is C19H24O7. The summed E-state index contributed by atoms with van der Waals surface area (Å²) < 4.78 is 10.7. The SMILES string of the molecule is C=C(C)C(=O)O[C@H]1C[C@@](C)(O)C(=O)C[C@@H](O)C(C)=C[C@H]2OC(=O)C(=C)[C@H]12. The maximum Gasteiger partial charge on any atom is 0.334 e. The second-order valence-electron chi connectivity index (χ2n) is 7.18. The van der Waals surface area contributed by atoms with Crippen LogP contribution in [0.5, 0.6) is 0 Å². The average molecular weight is 364 g/mol. The van der Waals surface area contributed by atoms with Crippen molar-refractivity contribution < 1.29 is 34.1 Å². The fraction of sp³-hybridized carbons (Fsp3) is 0.526. The predicted molar refractivity (Wildman–Crippen MR) is 91.8 cm³/mol. The Hall–Kier alpha value is -2.25. The predicted octanol–water partition coefficient (Wildman–Crippen LogP) is 0.993. The van der Waals surface area contributed by atoms with Crippen molar-refractivity contribution in [2.24, 2.45) is 5.92 Å². The van der Waals surface area contributed by atoms with Gasteiger partial charge in [0.15, 0.2) is 5.78 Å². The van der Waals surface area contributed by atoms with E-state index in [9.17, 15) is 24.6 Å². The minimum atomic E-state index is -1.87. The number of hydrogen-bond acceptors (Lipinski definition) is 7. The zero-order chi connectivity index (χ0) is 19.8. The molecule has 7 heteroatoms. The lowest BCUT2D eigenvalue weighted by atomic mass is 9.79. The van der Waals surface area contributed by atoms with E-state index < -0.39 is 47.6 Å². The van der Waals surface area contributed by atoms with E-state index in [1.165, 1.54) is 19.9 Å². The molecule has 7 nitrogen and oxygen atoms in total. The molecule has 26 heavy (non-hydrogen) atoms. The van der Waals surface area contributed by atoms with Crippen LogP contribution in [0.25, 0.3) is 0 Å². The Labute approximate surface area is 152 Å². The zero-order valence-corrected chi connectivity index (χ0v) is 15.2. The highest BCUT2D eigenvalue weighted by molar-refractivity contribution is 5.92. The van der Waals surface area contributed by atoms with Gasteiger partial charge in [-0.1, -0.05) is 13.2 Å². The number of aliphatic hydroxyl groups is 2. The molecule has 2 N–H and O–H groups in total. The van der Waals surface area contributed by atoms with Crippen molar-refractivity contribution in [1.29, 1.82) is 0 Å². The number of fused-ring (bicyclic) bond motifs is 1. The van der Waals surface area contributed by atoms with Gasteiger partial charge < -0.3 is 19.7 Å². The van der Waals surface area contributed by atoms with Crippen LogP contribution >= 0.6 is 0 Å². The summed E-state index contributed by atoms with van der Waals surface area (Å²) >= 11 is 0. The van der Waals surface area contributed by atoms with E-state index in [1.54, 1.807) is 6.92 Å². The Morgan fingerprint density at radius 3 is 2.62 bits per heavy atom. The van der Waals surface area contributed by atoms with Crippen LogP contribution in [-0.2, 0) is 23.9 Å². The van der Waals surface area contributed by atoms with Crippen molar-refractivity contribution >= 4 is 17.7 Å². The van der Waals surface area contributed by atoms with Crippen molar-refractivity contribution in [3.8, 4) is 0 Å². The van der Waals surface area contributed by atoms with Crippen molar-refractivity contribution in [3.05, 3.63) is 36.0 Å². The first-order valence-corrected chi connectivity index (χ1v) is 8.32. The number of aliphatic hydroxyl groups excluding tert-OH is 1. The lowest BCUT2D eigenvalue weighted by Gasteiger charge is -2.33. The summed E-state index contributed by atoms with van der Waals surface area (Å²) in [6, 6.07) is 0.